The Bertz CT molecular complexity index is 867. The lowest BCUT2D eigenvalue weighted by Gasteiger charge is -2.62. The van der Waals surface area contributed by atoms with Gasteiger partial charge in [-0.2, -0.15) is 0 Å². The van der Waals surface area contributed by atoms with E-state index < -0.39 is 5.60 Å². The van der Waals surface area contributed by atoms with Crippen LogP contribution in [0.3, 0.4) is 0 Å². The van der Waals surface area contributed by atoms with Gasteiger partial charge in [-0.1, -0.05) is 13.8 Å². The van der Waals surface area contributed by atoms with Crippen LogP contribution in [-0.4, -0.2) is 39.8 Å². The quantitative estimate of drug-likeness (QED) is 0.712. The number of imidazole rings is 1. The van der Waals surface area contributed by atoms with Crippen LogP contribution in [0.1, 0.15) is 77.3 Å². The molecule has 0 radical (unpaired) electrons. The molecule has 1 N–H and O–H groups in total. The summed E-state index contributed by atoms with van der Waals surface area (Å²) >= 11 is 0. The van der Waals surface area contributed by atoms with Crippen molar-refractivity contribution in [2.75, 3.05) is 13.7 Å². The number of ether oxygens (including phenoxy) is 1. The van der Waals surface area contributed by atoms with E-state index >= 15 is 0 Å². The minimum absolute atomic E-state index is 0.155. The van der Waals surface area contributed by atoms with Crippen molar-refractivity contribution in [3.05, 3.63) is 18.2 Å². The van der Waals surface area contributed by atoms with Crippen molar-refractivity contribution in [3.8, 4) is 0 Å². The number of methoxy groups -OCH3 is 1. The van der Waals surface area contributed by atoms with Gasteiger partial charge < -0.3 is 14.4 Å². The largest absolute Gasteiger partial charge is 0.387 e. The number of Topliss-reactive ketones (excluding diaryl/α,β-unsaturated/α-hetero) is 1. The number of rotatable bonds is 5. The first-order chi connectivity index (χ1) is 15.2. The number of aryl methyl sites for hydroxylation is 1. The summed E-state index contributed by atoms with van der Waals surface area (Å²) in [6.45, 7) is 7.89. The number of hydrogen-bond acceptors (Lipinski definition) is 4. The molecular weight excluding hydrogens is 400 g/mol. The maximum Gasteiger partial charge on any atom is 0.156 e. The predicted octanol–water partition coefficient (Wildman–Crippen LogP) is 4.80. The van der Waals surface area contributed by atoms with Crippen LogP contribution in [0.15, 0.2) is 12.5 Å². The van der Waals surface area contributed by atoms with Crippen LogP contribution in [0.4, 0.5) is 0 Å². The zero-order valence-electron chi connectivity index (χ0n) is 20.5. The lowest BCUT2D eigenvalue weighted by Crippen LogP contribution is -2.56. The van der Waals surface area contributed by atoms with Gasteiger partial charge in [0.2, 0.25) is 0 Å². The Labute approximate surface area is 193 Å². The van der Waals surface area contributed by atoms with Crippen LogP contribution < -0.4 is 0 Å². The highest BCUT2D eigenvalue weighted by Crippen LogP contribution is 2.68. The Kier molecular flexibility index (Phi) is 5.60. The van der Waals surface area contributed by atoms with Gasteiger partial charge in [0.1, 0.15) is 0 Å². The number of aromatic nitrogens is 2. The van der Waals surface area contributed by atoms with E-state index in [-0.39, 0.29) is 11.3 Å². The summed E-state index contributed by atoms with van der Waals surface area (Å²) in [4.78, 5) is 17.7. The molecule has 1 aromatic rings. The highest BCUT2D eigenvalue weighted by molar-refractivity contribution is 5.82. The first-order valence-corrected chi connectivity index (χ1v) is 12.9. The number of ketones is 1. The van der Waals surface area contributed by atoms with E-state index in [2.05, 4.69) is 18.8 Å². The van der Waals surface area contributed by atoms with E-state index in [0.29, 0.717) is 36.2 Å². The number of hydrogen-bond donors (Lipinski definition) is 1. The zero-order chi connectivity index (χ0) is 22.7. The normalized spacial score (nSPS) is 45.7. The van der Waals surface area contributed by atoms with E-state index in [9.17, 15) is 9.90 Å². The van der Waals surface area contributed by atoms with Crippen LogP contribution in [0.2, 0.25) is 0 Å². The number of fused-ring (bicyclic) bond motifs is 5. The molecule has 0 unspecified atom stereocenters. The smallest absolute Gasteiger partial charge is 0.156 e. The summed E-state index contributed by atoms with van der Waals surface area (Å²) in [7, 11) is 1.70. The molecule has 0 spiro atoms. The molecule has 4 aliphatic carbocycles. The molecule has 0 aromatic carbocycles. The van der Waals surface area contributed by atoms with Crippen molar-refractivity contribution < 1.29 is 14.6 Å². The van der Waals surface area contributed by atoms with Crippen molar-refractivity contribution in [1.29, 1.82) is 0 Å². The van der Waals surface area contributed by atoms with Crippen molar-refractivity contribution in [2.45, 2.75) is 90.7 Å². The molecule has 5 nitrogen and oxygen atoms in total. The molecule has 5 rings (SSSR count). The molecule has 8 atom stereocenters. The topological polar surface area (TPSA) is 64.3 Å². The Hall–Kier alpha value is -1.20. The summed E-state index contributed by atoms with van der Waals surface area (Å²) in [5.41, 5.74) is 0.831. The van der Waals surface area contributed by atoms with Gasteiger partial charge in [-0.05, 0) is 99.2 Å². The highest BCUT2D eigenvalue weighted by atomic mass is 16.5. The van der Waals surface area contributed by atoms with Gasteiger partial charge in [-0.3, -0.25) is 4.79 Å². The standard InChI is InChI=1S/C27H42N2O3/c1-18-14-29(17-28-18)15-24(30)23-8-7-21-20-6-5-19-13-27(31,16-32-4)12-11-25(19,2)22(20)9-10-26(21,23)3/h14,17,19-23,31H,5-13,15-16H2,1-4H3/t19-,20-,21-,22-,23-,25-,26-,27+/m0/s1. The molecule has 178 valence electrons. The van der Waals surface area contributed by atoms with E-state index in [4.69, 9.17) is 4.74 Å². The molecule has 0 saturated heterocycles. The minimum atomic E-state index is -0.633. The number of aliphatic hydroxyl groups is 1. The summed E-state index contributed by atoms with van der Waals surface area (Å²) in [5.74, 6) is 3.38. The monoisotopic (exact) mass is 442 g/mol. The van der Waals surface area contributed by atoms with Gasteiger partial charge in [0, 0.05) is 19.2 Å². The maximum absolute atomic E-state index is 13.4. The van der Waals surface area contributed by atoms with Crippen LogP contribution >= 0.6 is 0 Å². The SMILES string of the molecule is COC[C@@]1(O)CC[C@@]2(C)[C@@H](CC[C@@H]3[C@@H]2CC[C@]2(C)[C@H](C(=O)Cn4cnc(C)c4)CC[C@@H]32)C1. The van der Waals surface area contributed by atoms with Crippen molar-refractivity contribution in [3.63, 3.8) is 0 Å². The number of nitrogens with zero attached hydrogens (tertiary/aromatic N) is 2. The average molecular weight is 443 g/mol. The third kappa shape index (κ3) is 3.50. The Morgan fingerprint density at radius 1 is 1.12 bits per heavy atom. The number of carbonyl (C=O) groups is 1. The summed E-state index contributed by atoms with van der Waals surface area (Å²) in [6.07, 6.45) is 13.9. The third-order valence-corrected chi connectivity index (χ3v) is 10.7. The van der Waals surface area contributed by atoms with Gasteiger partial charge in [-0.15, -0.1) is 0 Å². The highest BCUT2D eigenvalue weighted by Gasteiger charge is 2.62. The van der Waals surface area contributed by atoms with E-state index in [1.165, 1.54) is 32.1 Å². The van der Waals surface area contributed by atoms with Crippen LogP contribution in [-0.2, 0) is 16.1 Å². The van der Waals surface area contributed by atoms with Crippen LogP contribution in [0.25, 0.3) is 0 Å². The second-order valence-electron chi connectivity index (χ2n) is 12.3. The molecule has 1 heterocycles. The van der Waals surface area contributed by atoms with Crippen molar-refractivity contribution in [1.82, 2.24) is 9.55 Å². The van der Waals surface area contributed by atoms with E-state index in [1.807, 2.05) is 17.7 Å². The Balaban J connectivity index is 1.32. The fourth-order valence-electron chi connectivity index (χ4n) is 9.10. The number of carbonyl (C=O) groups excluding carboxylic acids is 1. The summed E-state index contributed by atoms with van der Waals surface area (Å²) < 4.78 is 7.33. The first-order valence-electron chi connectivity index (χ1n) is 12.9. The van der Waals surface area contributed by atoms with Gasteiger partial charge in [-0.25, -0.2) is 4.98 Å². The lowest BCUT2D eigenvalue weighted by atomic mass is 9.44. The van der Waals surface area contributed by atoms with Gasteiger partial charge >= 0.3 is 0 Å². The minimum Gasteiger partial charge on any atom is -0.387 e. The average Bonchev–Trinajstić information content (AvgIpc) is 3.31. The van der Waals surface area contributed by atoms with Crippen molar-refractivity contribution in [2.24, 2.45) is 40.4 Å². The van der Waals surface area contributed by atoms with Crippen LogP contribution in [0.5, 0.6) is 0 Å². The Morgan fingerprint density at radius 2 is 1.91 bits per heavy atom. The van der Waals surface area contributed by atoms with E-state index in [1.54, 1.807) is 13.4 Å². The predicted molar refractivity (Wildman–Crippen MR) is 124 cm³/mol. The zero-order valence-corrected chi connectivity index (χ0v) is 20.5. The van der Waals surface area contributed by atoms with E-state index in [0.717, 1.165) is 43.2 Å². The lowest BCUT2D eigenvalue weighted by molar-refractivity contribution is -0.164. The second-order valence-corrected chi connectivity index (χ2v) is 12.3. The molecule has 0 aliphatic heterocycles. The van der Waals surface area contributed by atoms with Gasteiger partial charge in [0.25, 0.3) is 0 Å². The fraction of sp³-hybridized carbons (Fsp3) is 0.852. The Morgan fingerprint density at radius 3 is 2.62 bits per heavy atom. The maximum atomic E-state index is 13.4. The summed E-state index contributed by atoms with van der Waals surface area (Å²) in [5, 5.41) is 11.1. The van der Waals surface area contributed by atoms with Gasteiger partial charge in [0.15, 0.2) is 5.78 Å². The van der Waals surface area contributed by atoms with Crippen LogP contribution in [0, 0.1) is 47.3 Å². The third-order valence-electron chi connectivity index (χ3n) is 10.7. The molecule has 4 aliphatic rings. The molecule has 0 amide bonds. The summed E-state index contributed by atoms with van der Waals surface area (Å²) in [6, 6.07) is 0. The molecule has 32 heavy (non-hydrogen) atoms. The molecule has 1 aromatic heterocycles. The first kappa shape index (κ1) is 22.6. The molecule has 4 saturated carbocycles. The fourth-order valence-corrected chi connectivity index (χ4v) is 9.10. The molecule has 0 bridgehead atoms. The van der Waals surface area contributed by atoms with Crippen molar-refractivity contribution >= 4 is 5.78 Å². The second kappa shape index (κ2) is 7.94. The van der Waals surface area contributed by atoms with Gasteiger partial charge in [0.05, 0.1) is 30.8 Å². The molecule has 4 fully saturated rings. The molecular formula is C27H42N2O3. The molecule has 5 heteroatoms.